The summed E-state index contributed by atoms with van der Waals surface area (Å²) >= 11 is 5.86. The zero-order chi connectivity index (χ0) is 22.7. The number of halogens is 2. The molecule has 32 heavy (non-hydrogen) atoms. The van der Waals surface area contributed by atoms with E-state index >= 15 is 0 Å². The van der Waals surface area contributed by atoms with Gasteiger partial charge in [-0.15, -0.1) is 0 Å². The number of aromatic nitrogens is 2. The molecule has 0 bridgehead atoms. The summed E-state index contributed by atoms with van der Waals surface area (Å²) < 4.78 is 19.2. The average molecular weight is 451 g/mol. The van der Waals surface area contributed by atoms with Crippen molar-refractivity contribution in [2.75, 3.05) is 10.6 Å². The molecule has 2 N–H and O–H groups in total. The summed E-state index contributed by atoms with van der Waals surface area (Å²) in [5, 5.41) is 10.6. The SMILES string of the molecule is Cc1ccc(-c2noc(C(C)Nc3ccc(NC(=O)c4ccc(Cl)cc4)cc3)n2)cc1F. The number of aryl methyl sites for hydroxylation is 1. The molecule has 1 atom stereocenters. The molecule has 1 aromatic heterocycles. The Labute approximate surface area is 189 Å². The summed E-state index contributed by atoms with van der Waals surface area (Å²) in [5.74, 6) is 0.166. The van der Waals surface area contributed by atoms with E-state index in [-0.39, 0.29) is 17.8 Å². The van der Waals surface area contributed by atoms with Crippen molar-refractivity contribution in [3.8, 4) is 11.4 Å². The summed E-state index contributed by atoms with van der Waals surface area (Å²) in [6, 6.07) is 18.5. The minimum atomic E-state index is -0.316. The van der Waals surface area contributed by atoms with Gasteiger partial charge in [-0.25, -0.2) is 4.39 Å². The van der Waals surface area contributed by atoms with Crippen LogP contribution < -0.4 is 10.6 Å². The Bertz CT molecular complexity index is 1240. The lowest BCUT2D eigenvalue weighted by Gasteiger charge is -2.12. The number of carbonyl (C=O) groups excluding carboxylic acids is 1. The third kappa shape index (κ3) is 4.95. The number of nitrogens with one attached hydrogen (secondary N) is 2. The molecule has 0 aliphatic rings. The van der Waals surface area contributed by atoms with Crippen molar-refractivity contribution in [2.24, 2.45) is 0 Å². The number of anilines is 2. The third-order valence-corrected chi connectivity index (χ3v) is 5.13. The van der Waals surface area contributed by atoms with Crippen LogP contribution in [0.25, 0.3) is 11.4 Å². The Morgan fingerprint density at radius 3 is 2.41 bits per heavy atom. The fraction of sp³-hybridized carbons (Fsp3) is 0.125. The van der Waals surface area contributed by atoms with Gasteiger partial charge in [0.2, 0.25) is 11.7 Å². The highest BCUT2D eigenvalue weighted by molar-refractivity contribution is 6.30. The molecule has 0 radical (unpaired) electrons. The van der Waals surface area contributed by atoms with E-state index in [1.165, 1.54) is 6.07 Å². The molecule has 0 fully saturated rings. The number of hydrogen-bond donors (Lipinski definition) is 2. The first-order chi connectivity index (χ1) is 15.4. The van der Waals surface area contributed by atoms with Crippen LogP contribution in [-0.2, 0) is 0 Å². The summed E-state index contributed by atoms with van der Waals surface area (Å²) in [5.41, 5.74) is 3.09. The molecule has 6 nitrogen and oxygen atoms in total. The monoisotopic (exact) mass is 450 g/mol. The molecule has 0 saturated heterocycles. The number of hydrogen-bond acceptors (Lipinski definition) is 5. The molecule has 1 unspecified atom stereocenters. The minimum Gasteiger partial charge on any atom is -0.374 e. The van der Waals surface area contributed by atoms with Gasteiger partial charge in [0.25, 0.3) is 5.91 Å². The molecule has 0 saturated carbocycles. The zero-order valence-electron chi connectivity index (χ0n) is 17.4. The third-order valence-electron chi connectivity index (χ3n) is 4.87. The first-order valence-corrected chi connectivity index (χ1v) is 10.3. The van der Waals surface area contributed by atoms with Gasteiger partial charge < -0.3 is 15.2 Å². The van der Waals surface area contributed by atoms with Crippen LogP contribution in [0, 0.1) is 12.7 Å². The molecule has 8 heteroatoms. The average Bonchev–Trinajstić information content (AvgIpc) is 3.28. The Balaban J connectivity index is 1.39. The number of amides is 1. The molecule has 0 aliphatic carbocycles. The zero-order valence-corrected chi connectivity index (χ0v) is 18.2. The number of rotatable bonds is 6. The van der Waals surface area contributed by atoms with Gasteiger partial charge in [0, 0.05) is 27.5 Å². The van der Waals surface area contributed by atoms with E-state index < -0.39 is 0 Å². The number of benzene rings is 3. The van der Waals surface area contributed by atoms with Gasteiger partial charge in [-0.1, -0.05) is 28.9 Å². The highest BCUT2D eigenvalue weighted by Crippen LogP contribution is 2.24. The van der Waals surface area contributed by atoms with Crippen molar-refractivity contribution in [1.82, 2.24) is 10.1 Å². The predicted molar refractivity (Wildman–Crippen MR) is 122 cm³/mol. The van der Waals surface area contributed by atoms with E-state index in [0.717, 1.165) is 5.69 Å². The standard InChI is InChI=1S/C24H20ClFN4O2/c1-14-3-4-17(13-21(14)26)22-29-24(32-30-22)15(2)27-19-9-11-20(12-10-19)28-23(31)16-5-7-18(25)8-6-16/h3-13,15,27H,1-2H3,(H,28,31). The van der Waals surface area contributed by atoms with E-state index in [0.29, 0.717) is 39.1 Å². The van der Waals surface area contributed by atoms with Crippen molar-refractivity contribution in [2.45, 2.75) is 19.9 Å². The lowest BCUT2D eigenvalue weighted by Crippen LogP contribution is -2.12. The van der Waals surface area contributed by atoms with Gasteiger partial charge in [-0.2, -0.15) is 4.98 Å². The topological polar surface area (TPSA) is 80.0 Å². The van der Waals surface area contributed by atoms with Gasteiger partial charge in [-0.3, -0.25) is 4.79 Å². The Kier molecular flexibility index (Phi) is 6.18. The van der Waals surface area contributed by atoms with Gasteiger partial charge in [0.15, 0.2) is 0 Å². The van der Waals surface area contributed by atoms with Gasteiger partial charge >= 0.3 is 0 Å². The summed E-state index contributed by atoms with van der Waals surface area (Å²) in [7, 11) is 0. The molecule has 3 aromatic carbocycles. The van der Waals surface area contributed by atoms with E-state index in [1.807, 2.05) is 19.1 Å². The maximum absolute atomic E-state index is 13.8. The largest absolute Gasteiger partial charge is 0.374 e. The summed E-state index contributed by atoms with van der Waals surface area (Å²) in [4.78, 5) is 16.7. The van der Waals surface area contributed by atoms with Crippen LogP contribution in [0.1, 0.15) is 34.8 Å². The van der Waals surface area contributed by atoms with Crippen molar-refractivity contribution in [3.63, 3.8) is 0 Å². The van der Waals surface area contributed by atoms with Crippen molar-refractivity contribution >= 4 is 28.9 Å². The second-order valence-corrected chi connectivity index (χ2v) is 7.76. The van der Waals surface area contributed by atoms with Crippen LogP contribution >= 0.6 is 11.6 Å². The fourth-order valence-electron chi connectivity index (χ4n) is 3.03. The van der Waals surface area contributed by atoms with E-state index in [9.17, 15) is 9.18 Å². The molecular weight excluding hydrogens is 431 g/mol. The summed E-state index contributed by atoms with van der Waals surface area (Å²) in [6.07, 6.45) is 0. The molecule has 4 rings (SSSR count). The smallest absolute Gasteiger partial charge is 0.255 e. The van der Waals surface area contributed by atoms with Crippen LogP contribution in [0.15, 0.2) is 71.3 Å². The lowest BCUT2D eigenvalue weighted by atomic mass is 10.1. The van der Waals surface area contributed by atoms with Crippen LogP contribution in [0.4, 0.5) is 15.8 Å². The van der Waals surface area contributed by atoms with Crippen LogP contribution in [0.2, 0.25) is 5.02 Å². The fourth-order valence-corrected chi connectivity index (χ4v) is 3.15. The Hall–Kier alpha value is -3.71. The Morgan fingerprint density at radius 2 is 1.72 bits per heavy atom. The second-order valence-electron chi connectivity index (χ2n) is 7.32. The predicted octanol–water partition coefficient (Wildman–Crippen LogP) is 6.26. The molecule has 0 spiro atoms. The first kappa shape index (κ1) is 21.5. The number of nitrogens with zero attached hydrogens (tertiary/aromatic N) is 2. The highest BCUT2D eigenvalue weighted by atomic mass is 35.5. The summed E-state index contributed by atoms with van der Waals surface area (Å²) in [6.45, 7) is 3.57. The van der Waals surface area contributed by atoms with Crippen molar-refractivity contribution in [1.29, 1.82) is 0 Å². The van der Waals surface area contributed by atoms with E-state index in [1.54, 1.807) is 55.5 Å². The van der Waals surface area contributed by atoms with Crippen molar-refractivity contribution in [3.05, 3.63) is 94.6 Å². The van der Waals surface area contributed by atoms with Crippen LogP contribution in [-0.4, -0.2) is 16.0 Å². The minimum absolute atomic E-state index is 0.221. The molecule has 1 amide bonds. The Morgan fingerprint density at radius 1 is 1.03 bits per heavy atom. The number of carbonyl (C=O) groups is 1. The van der Waals surface area contributed by atoms with Gasteiger partial charge in [0.1, 0.15) is 11.9 Å². The molecule has 4 aromatic rings. The molecule has 162 valence electrons. The van der Waals surface area contributed by atoms with E-state index in [4.69, 9.17) is 16.1 Å². The second kappa shape index (κ2) is 9.20. The lowest BCUT2D eigenvalue weighted by molar-refractivity contribution is 0.102. The maximum Gasteiger partial charge on any atom is 0.255 e. The molecule has 1 heterocycles. The van der Waals surface area contributed by atoms with Gasteiger partial charge in [0.05, 0.1) is 0 Å². The van der Waals surface area contributed by atoms with Crippen LogP contribution in [0.5, 0.6) is 0 Å². The van der Waals surface area contributed by atoms with Crippen LogP contribution in [0.3, 0.4) is 0 Å². The quantitative estimate of drug-likeness (QED) is 0.362. The highest BCUT2D eigenvalue weighted by Gasteiger charge is 2.16. The van der Waals surface area contributed by atoms with E-state index in [2.05, 4.69) is 20.8 Å². The first-order valence-electron chi connectivity index (χ1n) is 9.93. The van der Waals surface area contributed by atoms with Crippen molar-refractivity contribution < 1.29 is 13.7 Å². The maximum atomic E-state index is 13.8. The molecule has 0 aliphatic heterocycles. The molecular formula is C24H20ClFN4O2. The van der Waals surface area contributed by atoms with Gasteiger partial charge in [-0.05, 0) is 74.0 Å². The normalized spacial score (nSPS) is 11.8.